The number of anilines is 1. The minimum Gasteiger partial charge on any atom is -0.497 e. The largest absolute Gasteiger partial charge is 0.497 e. The van der Waals surface area contributed by atoms with Gasteiger partial charge in [-0.05, 0) is 54.8 Å². The van der Waals surface area contributed by atoms with Crippen LogP contribution in [-0.2, 0) is 11.2 Å². The number of likely N-dealkylation sites (tertiary alicyclic amines) is 1. The maximum atomic E-state index is 13.0. The molecule has 9 heteroatoms. The molecule has 0 spiro atoms. The number of carbonyl (C=O) groups is 2. The van der Waals surface area contributed by atoms with Crippen LogP contribution in [0.2, 0.25) is 0 Å². The Hall–Kier alpha value is -3.33. The monoisotopic (exact) mass is 454 g/mol. The van der Waals surface area contributed by atoms with Gasteiger partial charge < -0.3 is 15.0 Å². The molecule has 1 aliphatic rings. The van der Waals surface area contributed by atoms with Crippen molar-refractivity contribution in [2.45, 2.75) is 25.2 Å². The number of ether oxygens (including phenoxy) is 1. The van der Waals surface area contributed by atoms with Crippen molar-refractivity contribution in [3.05, 3.63) is 69.9 Å². The van der Waals surface area contributed by atoms with Gasteiger partial charge in [-0.15, -0.1) is 10.2 Å². The van der Waals surface area contributed by atoms with Crippen LogP contribution in [0.15, 0.2) is 48.5 Å². The minimum absolute atomic E-state index is 0.0495. The van der Waals surface area contributed by atoms with E-state index in [4.69, 9.17) is 4.74 Å². The van der Waals surface area contributed by atoms with E-state index in [1.54, 1.807) is 7.11 Å². The Morgan fingerprint density at radius 2 is 1.91 bits per heavy atom. The van der Waals surface area contributed by atoms with Crippen LogP contribution in [0.1, 0.15) is 39.1 Å². The van der Waals surface area contributed by atoms with E-state index < -0.39 is 0 Å². The van der Waals surface area contributed by atoms with Gasteiger partial charge in [0.1, 0.15) is 16.6 Å². The summed E-state index contributed by atoms with van der Waals surface area (Å²) in [5.41, 5.74) is 1.43. The summed E-state index contributed by atoms with van der Waals surface area (Å²) in [7, 11) is 1.61. The molecule has 32 heavy (non-hydrogen) atoms. The van der Waals surface area contributed by atoms with Crippen molar-refractivity contribution in [3.8, 4) is 5.75 Å². The highest BCUT2D eigenvalue weighted by Crippen LogP contribution is 2.30. The van der Waals surface area contributed by atoms with E-state index in [-0.39, 0.29) is 28.6 Å². The van der Waals surface area contributed by atoms with E-state index in [9.17, 15) is 14.0 Å². The van der Waals surface area contributed by atoms with Gasteiger partial charge in [-0.1, -0.05) is 23.5 Å². The van der Waals surface area contributed by atoms with E-state index in [1.807, 2.05) is 29.2 Å². The summed E-state index contributed by atoms with van der Waals surface area (Å²) in [5.74, 6) is 0.120. The number of halogens is 1. The van der Waals surface area contributed by atoms with Crippen molar-refractivity contribution in [1.82, 2.24) is 15.1 Å². The lowest BCUT2D eigenvalue weighted by Gasteiger charge is -2.31. The van der Waals surface area contributed by atoms with Crippen molar-refractivity contribution < 1.29 is 18.7 Å². The maximum absolute atomic E-state index is 13.0. The first-order valence-electron chi connectivity index (χ1n) is 10.3. The number of benzene rings is 2. The van der Waals surface area contributed by atoms with E-state index in [2.05, 4.69) is 15.5 Å². The fraction of sp³-hybridized carbons (Fsp3) is 0.304. The van der Waals surface area contributed by atoms with Gasteiger partial charge in [0, 0.05) is 24.7 Å². The third kappa shape index (κ3) is 5.28. The van der Waals surface area contributed by atoms with E-state index in [0.717, 1.165) is 29.2 Å². The minimum atomic E-state index is -0.386. The first kappa shape index (κ1) is 21.9. The SMILES string of the molecule is COc1ccc(CC(=O)N2CCC[C@H](c3nnc(C(=O)Nc4ccc(F)cc4)s3)C2)cc1. The average Bonchev–Trinajstić information content (AvgIpc) is 3.32. The van der Waals surface area contributed by atoms with Crippen LogP contribution in [-0.4, -0.2) is 47.1 Å². The molecular weight excluding hydrogens is 431 g/mol. The number of rotatable bonds is 6. The number of hydrogen-bond acceptors (Lipinski definition) is 6. The zero-order valence-corrected chi connectivity index (χ0v) is 18.4. The van der Waals surface area contributed by atoms with Crippen molar-refractivity contribution in [2.75, 3.05) is 25.5 Å². The zero-order chi connectivity index (χ0) is 22.5. The Morgan fingerprint density at radius 3 is 2.62 bits per heavy atom. The number of piperidine rings is 1. The molecule has 0 bridgehead atoms. The number of amides is 2. The van der Waals surface area contributed by atoms with E-state index in [0.29, 0.717) is 25.2 Å². The molecule has 2 heterocycles. The Bertz CT molecular complexity index is 1090. The molecular formula is C23H23FN4O3S. The Labute approximate surface area is 189 Å². The number of nitrogens with one attached hydrogen (secondary N) is 1. The smallest absolute Gasteiger partial charge is 0.286 e. The fourth-order valence-electron chi connectivity index (χ4n) is 3.64. The van der Waals surface area contributed by atoms with E-state index >= 15 is 0 Å². The fourth-order valence-corrected chi connectivity index (χ4v) is 4.51. The topological polar surface area (TPSA) is 84.4 Å². The average molecular weight is 455 g/mol. The van der Waals surface area contributed by atoms with Crippen LogP contribution >= 0.6 is 11.3 Å². The summed E-state index contributed by atoms with van der Waals surface area (Å²) >= 11 is 1.23. The summed E-state index contributed by atoms with van der Waals surface area (Å²) in [6.07, 6.45) is 2.09. The first-order valence-corrected chi connectivity index (χ1v) is 11.1. The highest BCUT2D eigenvalue weighted by Gasteiger charge is 2.28. The van der Waals surface area contributed by atoms with Gasteiger partial charge in [-0.25, -0.2) is 4.39 Å². The van der Waals surface area contributed by atoms with Gasteiger partial charge in [0.15, 0.2) is 0 Å². The molecule has 7 nitrogen and oxygen atoms in total. The molecule has 1 fully saturated rings. The van der Waals surface area contributed by atoms with Gasteiger partial charge >= 0.3 is 0 Å². The summed E-state index contributed by atoms with van der Waals surface area (Å²) in [6, 6.07) is 13.0. The first-order chi connectivity index (χ1) is 15.5. The number of hydrogen-bond donors (Lipinski definition) is 1. The van der Waals surface area contributed by atoms with Gasteiger partial charge in [0.25, 0.3) is 5.91 Å². The van der Waals surface area contributed by atoms with Gasteiger partial charge in [-0.2, -0.15) is 0 Å². The third-order valence-corrected chi connectivity index (χ3v) is 6.46. The van der Waals surface area contributed by atoms with Crippen LogP contribution < -0.4 is 10.1 Å². The van der Waals surface area contributed by atoms with Crippen molar-refractivity contribution in [2.24, 2.45) is 0 Å². The predicted molar refractivity (Wildman–Crippen MR) is 120 cm³/mol. The van der Waals surface area contributed by atoms with Crippen molar-refractivity contribution in [3.63, 3.8) is 0 Å². The van der Waals surface area contributed by atoms with Crippen LogP contribution in [0.3, 0.4) is 0 Å². The summed E-state index contributed by atoms with van der Waals surface area (Å²) in [5, 5.41) is 11.9. The van der Waals surface area contributed by atoms with Crippen LogP contribution in [0.5, 0.6) is 5.75 Å². The quantitative estimate of drug-likeness (QED) is 0.611. The summed E-state index contributed by atoms with van der Waals surface area (Å²) in [4.78, 5) is 27.1. The van der Waals surface area contributed by atoms with Crippen LogP contribution in [0.25, 0.3) is 0 Å². The lowest BCUT2D eigenvalue weighted by Crippen LogP contribution is -2.39. The highest BCUT2D eigenvalue weighted by molar-refractivity contribution is 7.13. The lowest BCUT2D eigenvalue weighted by molar-refractivity contribution is -0.131. The molecule has 166 valence electrons. The second-order valence-electron chi connectivity index (χ2n) is 7.61. The maximum Gasteiger partial charge on any atom is 0.286 e. The molecule has 1 N–H and O–H groups in total. The molecule has 1 saturated heterocycles. The molecule has 2 aromatic carbocycles. The molecule has 3 aromatic rings. The number of nitrogens with zero attached hydrogens (tertiary/aromatic N) is 3. The Kier molecular flexibility index (Phi) is 6.75. The van der Waals surface area contributed by atoms with Crippen molar-refractivity contribution in [1.29, 1.82) is 0 Å². The second kappa shape index (κ2) is 9.86. The van der Waals surface area contributed by atoms with Gasteiger partial charge in [0.05, 0.1) is 13.5 Å². The molecule has 2 amide bonds. The number of aromatic nitrogens is 2. The molecule has 4 rings (SSSR count). The Morgan fingerprint density at radius 1 is 1.16 bits per heavy atom. The van der Waals surface area contributed by atoms with Crippen molar-refractivity contribution >= 4 is 28.8 Å². The molecule has 0 unspecified atom stereocenters. The summed E-state index contributed by atoms with van der Waals surface area (Å²) in [6.45, 7) is 1.27. The predicted octanol–water partition coefficient (Wildman–Crippen LogP) is 3.89. The van der Waals surface area contributed by atoms with Gasteiger partial charge in [0.2, 0.25) is 10.9 Å². The van der Waals surface area contributed by atoms with E-state index in [1.165, 1.54) is 35.6 Å². The molecule has 1 aromatic heterocycles. The van der Waals surface area contributed by atoms with Crippen LogP contribution in [0.4, 0.5) is 10.1 Å². The zero-order valence-electron chi connectivity index (χ0n) is 17.6. The molecule has 1 aliphatic heterocycles. The second-order valence-corrected chi connectivity index (χ2v) is 8.62. The standard InChI is InChI=1S/C23H23FN4O3S/c1-31-19-10-4-15(5-11-19)13-20(29)28-12-2-3-16(14-28)22-26-27-23(32-22)21(30)25-18-8-6-17(24)7-9-18/h4-11,16H,2-3,12-14H2,1H3,(H,25,30)/t16-/m0/s1. The number of carbonyl (C=O) groups excluding carboxylic acids is 2. The lowest BCUT2D eigenvalue weighted by atomic mass is 9.98. The molecule has 0 saturated carbocycles. The molecule has 0 aliphatic carbocycles. The third-order valence-electron chi connectivity index (χ3n) is 5.37. The summed E-state index contributed by atoms with van der Waals surface area (Å²) < 4.78 is 18.2. The number of methoxy groups -OCH3 is 1. The highest BCUT2D eigenvalue weighted by atomic mass is 32.1. The normalized spacial score (nSPS) is 15.9. The Balaban J connectivity index is 1.36. The molecule has 0 radical (unpaired) electrons. The molecule has 1 atom stereocenters. The van der Waals surface area contributed by atoms with Gasteiger partial charge in [-0.3, -0.25) is 9.59 Å². The van der Waals surface area contributed by atoms with Crippen LogP contribution in [0, 0.1) is 5.82 Å².